The van der Waals surface area contributed by atoms with Crippen molar-refractivity contribution in [3.63, 3.8) is 0 Å². The van der Waals surface area contributed by atoms with Crippen molar-refractivity contribution < 1.29 is 13.4 Å². The van der Waals surface area contributed by atoms with E-state index in [9.17, 15) is 0 Å². The van der Waals surface area contributed by atoms with Gasteiger partial charge in [0.2, 0.25) is 0 Å². The van der Waals surface area contributed by atoms with Gasteiger partial charge in [-0.15, -0.1) is 0 Å². The van der Waals surface area contributed by atoms with Crippen LogP contribution in [0.4, 0.5) is 0 Å². The highest BCUT2D eigenvalue weighted by molar-refractivity contribution is 6.62. The lowest BCUT2D eigenvalue weighted by molar-refractivity contribution is 0.00578. The van der Waals surface area contributed by atoms with Gasteiger partial charge in [0.05, 0.1) is 11.2 Å². The normalized spacial score (nSPS) is 28.7. The van der Waals surface area contributed by atoms with Crippen LogP contribution in [0.1, 0.15) is 56.7 Å². The van der Waals surface area contributed by atoms with E-state index >= 15 is 0 Å². The predicted octanol–water partition coefficient (Wildman–Crippen LogP) is 4.29. The minimum Gasteiger partial charge on any atom is -0.399 e. The van der Waals surface area contributed by atoms with Gasteiger partial charge in [-0.2, -0.15) is 0 Å². The average Bonchev–Trinajstić information content (AvgIpc) is 2.96. The van der Waals surface area contributed by atoms with Crippen LogP contribution >= 0.6 is 0 Å². The van der Waals surface area contributed by atoms with Gasteiger partial charge in [-0.3, -0.25) is 0 Å². The van der Waals surface area contributed by atoms with Crippen molar-refractivity contribution >= 4 is 12.6 Å². The van der Waals surface area contributed by atoms with Crippen LogP contribution in [-0.4, -0.2) is 18.3 Å². The summed E-state index contributed by atoms with van der Waals surface area (Å²) in [5.41, 5.74) is 2.56. The van der Waals surface area contributed by atoms with E-state index in [1.54, 1.807) is 0 Å². The van der Waals surface area contributed by atoms with Crippen LogP contribution in [0.25, 0.3) is 11.1 Å². The highest BCUT2D eigenvalue weighted by Crippen LogP contribution is 2.48. The molecule has 0 aromatic heterocycles. The maximum atomic E-state index is 8.26. The van der Waals surface area contributed by atoms with Crippen LogP contribution in [0.3, 0.4) is 0 Å². The van der Waals surface area contributed by atoms with Gasteiger partial charge in [-0.05, 0) is 55.4 Å². The Morgan fingerprint density at radius 2 is 1.46 bits per heavy atom. The Morgan fingerprint density at radius 1 is 0.833 bits per heavy atom. The molecule has 0 bridgehead atoms. The third-order valence-corrected chi connectivity index (χ3v) is 5.86. The van der Waals surface area contributed by atoms with E-state index in [-0.39, 0.29) is 0 Å². The maximum absolute atomic E-state index is 8.26. The Bertz CT molecular complexity index is 904. The Hall–Kier alpha value is -1.58. The lowest BCUT2D eigenvalue weighted by atomic mass is 9.74. The van der Waals surface area contributed by atoms with E-state index in [1.807, 2.05) is 77.1 Å². The molecule has 124 valence electrons. The van der Waals surface area contributed by atoms with Crippen LogP contribution in [0.15, 0.2) is 42.5 Å². The Kier molecular flexibility index (Phi) is 2.52. The molecular weight excluding hydrogens is 295 g/mol. The molecular formula is C21H25BO2. The molecule has 1 heterocycles. The quantitative estimate of drug-likeness (QED) is 0.729. The van der Waals surface area contributed by atoms with Crippen molar-refractivity contribution in [1.29, 1.82) is 0 Å². The molecule has 1 fully saturated rings. The summed E-state index contributed by atoms with van der Waals surface area (Å²) in [6.45, 7) is 7.72. The fourth-order valence-corrected chi connectivity index (χ4v) is 3.64. The zero-order valence-electron chi connectivity index (χ0n) is 17.9. The van der Waals surface area contributed by atoms with Gasteiger partial charge in [0.1, 0.15) is 0 Å². The summed E-state index contributed by atoms with van der Waals surface area (Å²) in [5, 5.41) is 0. The molecule has 1 saturated heterocycles. The fraction of sp³-hybridized carbons (Fsp3) is 0.429. The molecule has 1 unspecified atom stereocenters. The topological polar surface area (TPSA) is 18.5 Å². The zero-order valence-corrected chi connectivity index (χ0v) is 14.9. The zero-order chi connectivity index (χ0) is 19.8. The average molecular weight is 323 g/mol. The molecule has 1 aliphatic carbocycles. The largest absolute Gasteiger partial charge is 0.494 e. The minimum atomic E-state index is -2.16. The summed E-state index contributed by atoms with van der Waals surface area (Å²) in [6, 6.07) is 13.7. The Morgan fingerprint density at radius 3 is 2.12 bits per heavy atom. The van der Waals surface area contributed by atoms with E-state index < -0.39 is 30.6 Å². The molecule has 2 aromatic carbocycles. The van der Waals surface area contributed by atoms with Crippen molar-refractivity contribution in [2.24, 2.45) is 0 Å². The molecule has 1 atom stereocenters. The molecule has 0 saturated carbocycles. The molecule has 0 N–H and O–H groups in total. The van der Waals surface area contributed by atoms with Gasteiger partial charge in [-0.1, -0.05) is 56.2 Å². The number of rotatable bonds is 1. The second kappa shape index (κ2) is 4.74. The molecule has 24 heavy (non-hydrogen) atoms. The van der Waals surface area contributed by atoms with E-state index in [4.69, 9.17) is 13.4 Å². The first-order valence-electron chi connectivity index (χ1n) is 9.98. The van der Waals surface area contributed by atoms with Crippen molar-refractivity contribution in [3.8, 4) is 11.1 Å². The lowest BCUT2D eigenvalue weighted by Gasteiger charge is -2.32. The van der Waals surface area contributed by atoms with E-state index in [2.05, 4.69) is 0 Å². The first-order valence-corrected chi connectivity index (χ1v) is 8.48. The van der Waals surface area contributed by atoms with Crippen molar-refractivity contribution in [2.75, 3.05) is 0 Å². The number of hydrogen-bond donors (Lipinski definition) is 0. The first kappa shape index (κ1) is 12.7. The lowest BCUT2D eigenvalue weighted by Crippen LogP contribution is -2.41. The molecule has 3 heteroatoms. The predicted molar refractivity (Wildman–Crippen MR) is 99.7 cm³/mol. The van der Waals surface area contributed by atoms with Crippen LogP contribution < -0.4 is 5.46 Å². The highest BCUT2D eigenvalue weighted by Gasteiger charge is 2.52. The van der Waals surface area contributed by atoms with Gasteiger partial charge in [0.25, 0.3) is 0 Å². The molecule has 1 aliphatic heterocycles. The standard InChI is InChI=1S/C21H25BO2/c1-19(2)17-10-8-7-9-15(17)16-12-11-14(13-18(16)19)22-23-20(3,4)21(5,6)24-22/h7-13H,1-6H3/i1D3. The summed E-state index contributed by atoms with van der Waals surface area (Å²) in [7, 11) is -0.509. The Labute approximate surface area is 149 Å². The van der Waals surface area contributed by atoms with Crippen molar-refractivity contribution in [1.82, 2.24) is 0 Å². The third kappa shape index (κ3) is 2.04. The second-order valence-electron chi connectivity index (χ2n) is 8.06. The van der Waals surface area contributed by atoms with E-state index in [0.717, 1.165) is 27.7 Å². The summed E-state index contributed by atoms with van der Waals surface area (Å²) in [5.74, 6) is 0. The number of fused-ring (bicyclic) bond motifs is 3. The molecule has 2 aromatic rings. The van der Waals surface area contributed by atoms with E-state index in [0.29, 0.717) is 0 Å². The van der Waals surface area contributed by atoms with Crippen LogP contribution in [0.2, 0.25) is 0 Å². The van der Waals surface area contributed by atoms with Crippen LogP contribution in [-0.2, 0) is 14.7 Å². The number of hydrogen-bond acceptors (Lipinski definition) is 2. The molecule has 0 spiro atoms. The van der Waals surface area contributed by atoms with Gasteiger partial charge in [0.15, 0.2) is 0 Å². The molecule has 0 radical (unpaired) electrons. The fourth-order valence-electron chi connectivity index (χ4n) is 3.64. The highest BCUT2D eigenvalue weighted by atomic mass is 16.7. The van der Waals surface area contributed by atoms with Crippen molar-refractivity contribution in [2.45, 2.75) is 58.1 Å². The smallest absolute Gasteiger partial charge is 0.399 e. The summed E-state index contributed by atoms with van der Waals surface area (Å²) < 4.78 is 37.1. The molecule has 0 amide bonds. The third-order valence-electron chi connectivity index (χ3n) is 5.86. The van der Waals surface area contributed by atoms with Crippen LogP contribution in [0.5, 0.6) is 0 Å². The van der Waals surface area contributed by atoms with E-state index in [1.165, 1.54) is 0 Å². The Balaban J connectivity index is 1.86. The summed E-state index contributed by atoms with van der Waals surface area (Å²) in [4.78, 5) is 0. The molecule has 2 nitrogen and oxygen atoms in total. The second-order valence-corrected chi connectivity index (χ2v) is 8.06. The van der Waals surface area contributed by atoms with Gasteiger partial charge >= 0.3 is 7.12 Å². The maximum Gasteiger partial charge on any atom is 0.494 e. The molecule has 2 aliphatic rings. The summed E-state index contributed by atoms with van der Waals surface area (Å²) >= 11 is 0. The van der Waals surface area contributed by atoms with Gasteiger partial charge in [0, 0.05) is 9.53 Å². The van der Waals surface area contributed by atoms with Crippen molar-refractivity contribution in [3.05, 3.63) is 53.6 Å². The van der Waals surface area contributed by atoms with Crippen LogP contribution in [0, 0.1) is 0 Å². The molecule has 4 rings (SSSR count). The number of benzene rings is 2. The minimum absolute atomic E-state index is 0.438. The summed E-state index contributed by atoms with van der Waals surface area (Å²) in [6.07, 6.45) is 0. The van der Waals surface area contributed by atoms with Gasteiger partial charge in [-0.25, -0.2) is 0 Å². The van der Waals surface area contributed by atoms with Gasteiger partial charge < -0.3 is 9.31 Å². The monoisotopic (exact) mass is 323 g/mol. The first-order chi connectivity index (χ1) is 12.4. The SMILES string of the molecule is [2H]C([2H])([2H])C1(C)c2ccccc2-c2ccc(B3OC(C)(C)C(C)(C)O3)cc21.